The third-order valence-electron chi connectivity index (χ3n) is 4.65. The van der Waals surface area contributed by atoms with Crippen LogP contribution < -0.4 is 11.3 Å². The Hall–Kier alpha value is -3.92. The second-order valence-electron chi connectivity index (χ2n) is 6.69. The fraction of sp³-hybridized carbons (Fsp3) is 0.0476. The van der Waals surface area contributed by atoms with Crippen molar-refractivity contribution in [3.05, 3.63) is 92.3 Å². The maximum absolute atomic E-state index is 13.2. The minimum Gasteiger partial charge on any atom is -0.388 e. The average Bonchev–Trinajstić information content (AvgIpc) is 3.33. The largest absolute Gasteiger partial charge is 0.437 e. The van der Waals surface area contributed by atoms with Gasteiger partial charge >= 0.3 is 5.76 Å². The molecule has 31 heavy (non-hydrogen) atoms. The van der Waals surface area contributed by atoms with Gasteiger partial charge in [-0.25, -0.2) is 18.6 Å². The number of rotatable bonds is 4. The number of aromatic nitrogens is 4. The number of nitrogens with one attached hydrogen (secondary N) is 1. The molecule has 0 unspecified atom stereocenters. The van der Waals surface area contributed by atoms with Crippen LogP contribution in [0.3, 0.4) is 0 Å². The molecule has 0 bridgehead atoms. The summed E-state index contributed by atoms with van der Waals surface area (Å²) in [6.07, 6.45) is 0. The SMILES string of the molecule is O=c1[nH]c(Cn2nc(-c3ccc(F)cc3)oc2=O)nc2scc(-c3ccc(F)cc3)c12. The van der Waals surface area contributed by atoms with E-state index < -0.39 is 11.6 Å². The van der Waals surface area contributed by atoms with Gasteiger partial charge in [0.15, 0.2) is 0 Å². The highest BCUT2D eigenvalue weighted by atomic mass is 32.1. The number of hydrogen-bond acceptors (Lipinski definition) is 6. The number of hydrogen-bond donors (Lipinski definition) is 1. The maximum Gasteiger partial charge on any atom is 0.437 e. The monoisotopic (exact) mass is 438 g/mol. The van der Waals surface area contributed by atoms with Crippen LogP contribution in [-0.4, -0.2) is 19.7 Å². The molecule has 0 aliphatic rings. The molecule has 154 valence electrons. The standard InChI is InChI=1S/C21H12F2N4O3S/c22-13-5-1-11(2-6-13)15-10-31-20-17(15)18(28)24-16(25-20)9-27-21(29)30-19(26-27)12-3-7-14(23)8-4-12/h1-8,10H,9H2,(H,24,25,28). The third-order valence-corrected chi connectivity index (χ3v) is 5.52. The van der Waals surface area contributed by atoms with E-state index in [1.54, 1.807) is 17.5 Å². The number of halogens is 2. The summed E-state index contributed by atoms with van der Waals surface area (Å²) in [5, 5.41) is 6.26. The van der Waals surface area contributed by atoms with Crippen LogP contribution in [0.25, 0.3) is 32.8 Å². The maximum atomic E-state index is 13.2. The van der Waals surface area contributed by atoms with E-state index in [9.17, 15) is 18.4 Å². The molecular weight excluding hydrogens is 426 g/mol. The second-order valence-corrected chi connectivity index (χ2v) is 7.54. The number of H-pyrrole nitrogens is 1. The van der Waals surface area contributed by atoms with Gasteiger partial charge in [-0.1, -0.05) is 12.1 Å². The smallest absolute Gasteiger partial charge is 0.388 e. The molecule has 2 aromatic carbocycles. The number of nitrogens with zero attached hydrogens (tertiary/aromatic N) is 3. The van der Waals surface area contributed by atoms with Crippen LogP contribution in [0.4, 0.5) is 8.78 Å². The summed E-state index contributed by atoms with van der Waals surface area (Å²) in [7, 11) is 0. The van der Waals surface area contributed by atoms with Crippen LogP contribution in [0, 0.1) is 11.6 Å². The van der Waals surface area contributed by atoms with Gasteiger partial charge in [-0.2, -0.15) is 4.68 Å². The molecule has 0 radical (unpaired) electrons. The van der Waals surface area contributed by atoms with E-state index in [2.05, 4.69) is 15.1 Å². The van der Waals surface area contributed by atoms with Gasteiger partial charge < -0.3 is 9.40 Å². The van der Waals surface area contributed by atoms with Crippen molar-refractivity contribution in [2.45, 2.75) is 6.54 Å². The van der Waals surface area contributed by atoms with Crippen molar-refractivity contribution < 1.29 is 13.2 Å². The summed E-state index contributed by atoms with van der Waals surface area (Å²) in [6.45, 7) is -0.113. The van der Waals surface area contributed by atoms with Gasteiger partial charge in [0, 0.05) is 16.5 Å². The first-order valence-corrected chi connectivity index (χ1v) is 9.96. The Balaban J connectivity index is 1.49. The third kappa shape index (κ3) is 3.57. The predicted molar refractivity (Wildman–Crippen MR) is 111 cm³/mol. The molecule has 0 fully saturated rings. The Kier molecular flexibility index (Phi) is 4.55. The number of thiophene rings is 1. The van der Waals surface area contributed by atoms with Crippen molar-refractivity contribution in [2.24, 2.45) is 0 Å². The van der Waals surface area contributed by atoms with Crippen molar-refractivity contribution in [1.82, 2.24) is 19.7 Å². The highest BCUT2D eigenvalue weighted by Gasteiger charge is 2.16. The molecule has 10 heteroatoms. The van der Waals surface area contributed by atoms with Crippen molar-refractivity contribution in [1.29, 1.82) is 0 Å². The molecule has 1 N–H and O–H groups in total. The van der Waals surface area contributed by atoms with E-state index in [0.29, 0.717) is 26.9 Å². The lowest BCUT2D eigenvalue weighted by Crippen LogP contribution is -2.20. The zero-order valence-corrected chi connectivity index (χ0v) is 16.5. The molecule has 0 saturated heterocycles. The summed E-state index contributed by atoms with van der Waals surface area (Å²) in [5.74, 6) is -1.26. The minimum atomic E-state index is -0.736. The van der Waals surface area contributed by atoms with Crippen molar-refractivity contribution in [3.8, 4) is 22.6 Å². The first-order chi connectivity index (χ1) is 15.0. The topological polar surface area (TPSA) is 93.8 Å². The fourth-order valence-electron chi connectivity index (χ4n) is 3.17. The van der Waals surface area contributed by atoms with Gasteiger partial charge in [-0.15, -0.1) is 16.4 Å². The van der Waals surface area contributed by atoms with Gasteiger partial charge in [0.2, 0.25) is 5.89 Å². The molecule has 0 aliphatic heterocycles. The summed E-state index contributed by atoms with van der Waals surface area (Å²) in [6, 6.07) is 11.2. The highest BCUT2D eigenvalue weighted by Crippen LogP contribution is 2.30. The molecule has 0 amide bonds. The average molecular weight is 438 g/mol. The van der Waals surface area contributed by atoms with E-state index in [1.165, 1.54) is 47.7 Å². The molecule has 0 aliphatic carbocycles. The predicted octanol–water partition coefficient (Wildman–Crippen LogP) is 3.79. The normalized spacial score (nSPS) is 11.3. The van der Waals surface area contributed by atoms with Gasteiger partial charge in [0.1, 0.15) is 28.8 Å². The first-order valence-electron chi connectivity index (χ1n) is 9.08. The Bertz CT molecular complexity index is 1520. The number of benzene rings is 2. The van der Waals surface area contributed by atoms with Crippen LogP contribution in [0.1, 0.15) is 5.82 Å². The quantitative estimate of drug-likeness (QED) is 0.461. The van der Waals surface area contributed by atoms with Crippen molar-refractivity contribution >= 4 is 21.6 Å². The number of fused-ring (bicyclic) bond motifs is 1. The molecule has 0 spiro atoms. The van der Waals surface area contributed by atoms with Crippen LogP contribution >= 0.6 is 11.3 Å². The van der Waals surface area contributed by atoms with Crippen molar-refractivity contribution in [2.75, 3.05) is 0 Å². The summed E-state index contributed by atoms with van der Waals surface area (Å²) < 4.78 is 32.5. The molecule has 5 rings (SSSR count). The lowest BCUT2D eigenvalue weighted by atomic mass is 10.1. The molecule has 5 aromatic rings. The number of aromatic amines is 1. The Morgan fingerprint density at radius 1 is 0.968 bits per heavy atom. The minimum absolute atomic E-state index is 0.0307. The van der Waals surface area contributed by atoms with Gasteiger partial charge in [0.25, 0.3) is 5.56 Å². The van der Waals surface area contributed by atoms with E-state index >= 15 is 0 Å². The fourth-order valence-corrected chi connectivity index (χ4v) is 4.13. The van der Waals surface area contributed by atoms with Gasteiger partial charge in [-0.3, -0.25) is 4.79 Å². The lowest BCUT2D eigenvalue weighted by molar-refractivity contribution is 0.491. The Labute approximate surface area is 176 Å². The highest BCUT2D eigenvalue weighted by molar-refractivity contribution is 7.17. The van der Waals surface area contributed by atoms with Crippen molar-refractivity contribution in [3.63, 3.8) is 0 Å². The molecule has 7 nitrogen and oxygen atoms in total. The summed E-state index contributed by atoms with van der Waals surface area (Å²) in [4.78, 5) is 32.5. The van der Waals surface area contributed by atoms with Crippen LogP contribution in [0.5, 0.6) is 0 Å². The van der Waals surface area contributed by atoms with E-state index in [1.807, 2.05) is 0 Å². The van der Waals surface area contributed by atoms with Crippen LogP contribution in [-0.2, 0) is 6.54 Å². The molecule has 3 heterocycles. The van der Waals surface area contributed by atoms with E-state index in [4.69, 9.17) is 4.42 Å². The molecule has 0 atom stereocenters. The Morgan fingerprint density at radius 2 is 1.61 bits per heavy atom. The van der Waals surface area contributed by atoms with Gasteiger partial charge in [0.05, 0.1) is 5.39 Å². The zero-order chi connectivity index (χ0) is 21.5. The van der Waals surface area contributed by atoms with Crippen LogP contribution in [0.15, 0.2) is 67.9 Å². The van der Waals surface area contributed by atoms with E-state index in [-0.39, 0.29) is 29.6 Å². The molecule has 0 saturated carbocycles. The molecular formula is C21H12F2N4O3S. The summed E-state index contributed by atoms with van der Waals surface area (Å²) in [5.41, 5.74) is 1.41. The van der Waals surface area contributed by atoms with Crippen LogP contribution in [0.2, 0.25) is 0 Å². The van der Waals surface area contributed by atoms with Gasteiger partial charge in [-0.05, 0) is 42.0 Å². The first kappa shape index (κ1) is 19.1. The summed E-state index contributed by atoms with van der Waals surface area (Å²) >= 11 is 1.27. The second kappa shape index (κ2) is 7.40. The van der Waals surface area contributed by atoms with E-state index in [0.717, 1.165) is 4.68 Å². The Morgan fingerprint density at radius 3 is 2.29 bits per heavy atom. The lowest BCUT2D eigenvalue weighted by Gasteiger charge is -2.02. The molecule has 3 aromatic heterocycles. The zero-order valence-electron chi connectivity index (χ0n) is 15.6.